The summed E-state index contributed by atoms with van der Waals surface area (Å²) >= 11 is 0. The van der Waals surface area contributed by atoms with Gasteiger partial charge in [-0.15, -0.1) is 0 Å². The minimum atomic E-state index is 0.270. The van der Waals surface area contributed by atoms with E-state index in [1.807, 2.05) is 48.5 Å². The topological polar surface area (TPSA) is 26.3 Å². The molecule has 1 fully saturated rings. The zero-order valence-corrected chi connectivity index (χ0v) is 13.7. The minimum absolute atomic E-state index is 0.270. The van der Waals surface area contributed by atoms with Gasteiger partial charge < -0.3 is 4.74 Å². The van der Waals surface area contributed by atoms with Gasteiger partial charge in [-0.3, -0.25) is 4.79 Å². The largest absolute Gasteiger partial charge is 0.457 e. The van der Waals surface area contributed by atoms with Crippen LogP contribution in [0.5, 0.6) is 11.5 Å². The number of carbonyl (C=O) groups excluding carboxylic acids is 1. The lowest BCUT2D eigenvalue weighted by Crippen LogP contribution is -2.17. The number of ketones is 1. The van der Waals surface area contributed by atoms with Gasteiger partial charge in [0.05, 0.1) is 0 Å². The molecule has 0 saturated carbocycles. The van der Waals surface area contributed by atoms with Gasteiger partial charge >= 0.3 is 0 Å². The van der Waals surface area contributed by atoms with Crippen LogP contribution in [0.25, 0.3) is 0 Å². The van der Waals surface area contributed by atoms with Gasteiger partial charge in [0.25, 0.3) is 0 Å². The van der Waals surface area contributed by atoms with Crippen molar-refractivity contribution in [2.24, 2.45) is 0 Å². The van der Waals surface area contributed by atoms with E-state index in [1.54, 1.807) is 0 Å². The molecule has 1 saturated heterocycles. The maximum absolute atomic E-state index is 12.3. The van der Waals surface area contributed by atoms with Crippen molar-refractivity contribution in [1.82, 2.24) is 0 Å². The molecular weight excluding hydrogens is 292 g/mol. The summed E-state index contributed by atoms with van der Waals surface area (Å²) in [6.07, 6.45) is 2.58. The third kappa shape index (κ3) is 3.92. The maximum Gasteiger partial charge on any atom is 0.211 e. The van der Waals surface area contributed by atoms with E-state index < -0.39 is 0 Å². The molecule has 2 aromatic rings. The Morgan fingerprint density at radius 1 is 0.955 bits per heavy atom. The highest BCUT2D eigenvalue weighted by atomic mass is 32.2. The Balaban J connectivity index is 1.61. The summed E-state index contributed by atoms with van der Waals surface area (Å²) in [5.74, 6) is 5.05. The van der Waals surface area contributed by atoms with Crippen LogP contribution in [-0.4, -0.2) is 23.0 Å². The first-order chi connectivity index (χ1) is 10.7. The van der Waals surface area contributed by atoms with Crippen molar-refractivity contribution < 1.29 is 9.53 Å². The van der Waals surface area contributed by atoms with Crippen molar-refractivity contribution in [3.63, 3.8) is 0 Å². The molecular formula is C19H21O2S+. The lowest BCUT2D eigenvalue weighted by Gasteiger charge is -2.07. The average molecular weight is 313 g/mol. The average Bonchev–Trinajstić information content (AvgIpc) is 3.03. The summed E-state index contributed by atoms with van der Waals surface area (Å²) in [5, 5.41) is 0. The van der Waals surface area contributed by atoms with E-state index in [0.717, 1.165) is 22.8 Å². The number of aryl methyl sites for hydroxylation is 1. The molecule has 2 nitrogen and oxygen atoms in total. The SMILES string of the molecule is Cc1ccc(Oc2ccc(C(=O)C[S+]3CCCC3)cc2)cc1. The van der Waals surface area contributed by atoms with Crippen LogP contribution in [0.4, 0.5) is 0 Å². The van der Waals surface area contributed by atoms with E-state index in [2.05, 4.69) is 6.92 Å². The predicted molar refractivity (Wildman–Crippen MR) is 93.2 cm³/mol. The molecule has 1 aliphatic heterocycles. The summed E-state index contributed by atoms with van der Waals surface area (Å²) in [6.45, 7) is 2.05. The number of Topliss-reactive ketones (excluding diaryl/α,β-unsaturated/α-hetero) is 1. The van der Waals surface area contributed by atoms with Crippen molar-refractivity contribution in [3.05, 3.63) is 59.7 Å². The van der Waals surface area contributed by atoms with Gasteiger partial charge in [-0.1, -0.05) is 17.7 Å². The van der Waals surface area contributed by atoms with Crippen LogP contribution in [0.3, 0.4) is 0 Å². The number of rotatable bonds is 5. The molecule has 1 heterocycles. The highest BCUT2D eigenvalue weighted by Crippen LogP contribution is 2.22. The number of hydrogen-bond donors (Lipinski definition) is 0. The summed E-state index contributed by atoms with van der Waals surface area (Å²) in [7, 11) is 0.322. The highest BCUT2D eigenvalue weighted by Gasteiger charge is 2.27. The first-order valence-corrected chi connectivity index (χ1v) is 9.46. The summed E-state index contributed by atoms with van der Waals surface area (Å²) in [4.78, 5) is 12.3. The smallest absolute Gasteiger partial charge is 0.211 e. The number of ether oxygens (including phenoxy) is 1. The third-order valence-electron chi connectivity index (χ3n) is 3.88. The monoisotopic (exact) mass is 313 g/mol. The Morgan fingerprint density at radius 2 is 1.50 bits per heavy atom. The highest BCUT2D eigenvalue weighted by molar-refractivity contribution is 7.97. The molecule has 0 unspecified atom stereocenters. The molecule has 0 aliphatic carbocycles. The lowest BCUT2D eigenvalue weighted by atomic mass is 10.1. The van der Waals surface area contributed by atoms with Crippen molar-refractivity contribution in [2.75, 3.05) is 17.3 Å². The van der Waals surface area contributed by atoms with Crippen LogP contribution in [0.2, 0.25) is 0 Å². The molecule has 0 N–H and O–H groups in total. The Labute approximate surface area is 134 Å². The second kappa shape index (κ2) is 7.01. The second-order valence-electron chi connectivity index (χ2n) is 5.73. The summed E-state index contributed by atoms with van der Waals surface area (Å²) in [5.41, 5.74) is 2.01. The predicted octanol–water partition coefficient (Wildman–Crippen LogP) is 4.38. The van der Waals surface area contributed by atoms with Gasteiger partial charge in [0.1, 0.15) is 23.0 Å². The zero-order valence-electron chi connectivity index (χ0n) is 12.9. The molecule has 114 valence electrons. The van der Waals surface area contributed by atoms with E-state index in [-0.39, 0.29) is 5.78 Å². The van der Waals surface area contributed by atoms with E-state index in [9.17, 15) is 4.79 Å². The molecule has 0 amide bonds. The van der Waals surface area contributed by atoms with Gasteiger partial charge in [-0.25, -0.2) is 0 Å². The van der Waals surface area contributed by atoms with Gasteiger partial charge in [-0.05, 0) is 67.1 Å². The standard InChI is InChI=1S/C19H21O2S/c1-15-4-8-17(9-5-15)21-18-10-6-16(7-11-18)19(20)14-22-12-2-3-13-22/h4-11H,2-3,12-14H2,1H3/q+1. The normalized spacial score (nSPS) is 15.0. The molecule has 3 rings (SSSR count). The Bertz CT molecular complexity index is 625. The molecule has 0 aromatic heterocycles. The van der Waals surface area contributed by atoms with Crippen molar-refractivity contribution in [3.8, 4) is 11.5 Å². The molecule has 3 heteroatoms. The van der Waals surface area contributed by atoms with Gasteiger partial charge in [0, 0.05) is 5.56 Å². The minimum Gasteiger partial charge on any atom is -0.457 e. The van der Waals surface area contributed by atoms with Crippen molar-refractivity contribution in [1.29, 1.82) is 0 Å². The Morgan fingerprint density at radius 3 is 2.09 bits per heavy atom. The van der Waals surface area contributed by atoms with E-state index >= 15 is 0 Å². The number of carbonyl (C=O) groups is 1. The fourth-order valence-electron chi connectivity index (χ4n) is 2.58. The quantitative estimate of drug-likeness (QED) is 0.605. The van der Waals surface area contributed by atoms with Crippen LogP contribution in [0.15, 0.2) is 48.5 Å². The lowest BCUT2D eigenvalue weighted by molar-refractivity contribution is 0.102. The van der Waals surface area contributed by atoms with Gasteiger partial charge in [-0.2, -0.15) is 0 Å². The van der Waals surface area contributed by atoms with Crippen LogP contribution < -0.4 is 4.74 Å². The molecule has 0 spiro atoms. The van der Waals surface area contributed by atoms with Crippen LogP contribution in [-0.2, 0) is 10.9 Å². The second-order valence-corrected chi connectivity index (χ2v) is 8.06. The van der Waals surface area contributed by atoms with Gasteiger partial charge in [0.2, 0.25) is 5.78 Å². The van der Waals surface area contributed by atoms with E-state index in [4.69, 9.17) is 4.74 Å². The Hall–Kier alpha value is -1.74. The zero-order chi connectivity index (χ0) is 15.4. The van der Waals surface area contributed by atoms with Crippen molar-refractivity contribution in [2.45, 2.75) is 19.8 Å². The molecule has 0 radical (unpaired) electrons. The van der Waals surface area contributed by atoms with E-state index in [1.165, 1.54) is 29.9 Å². The van der Waals surface area contributed by atoms with Crippen LogP contribution >= 0.6 is 0 Å². The summed E-state index contributed by atoms with van der Waals surface area (Å²) in [6, 6.07) is 15.5. The molecule has 22 heavy (non-hydrogen) atoms. The molecule has 2 aromatic carbocycles. The van der Waals surface area contributed by atoms with Crippen LogP contribution in [0, 0.1) is 6.92 Å². The molecule has 0 atom stereocenters. The molecule has 0 bridgehead atoms. The van der Waals surface area contributed by atoms with Gasteiger partial charge in [0.15, 0.2) is 5.75 Å². The number of hydrogen-bond acceptors (Lipinski definition) is 2. The Kier molecular flexibility index (Phi) is 4.84. The third-order valence-corrected chi connectivity index (χ3v) is 6.29. The fraction of sp³-hybridized carbons (Fsp3) is 0.316. The van der Waals surface area contributed by atoms with Crippen molar-refractivity contribution >= 4 is 16.7 Å². The van der Waals surface area contributed by atoms with Crippen LogP contribution in [0.1, 0.15) is 28.8 Å². The van der Waals surface area contributed by atoms with E-state index in [0.29, 0.717) is 10.9 Å². The first-order valence-electron chi connectivity index (χ1n) is 7.72. The maximum atomic E-state index is 12.3. The fourth-order valence-corrected chi connectivity index (χ4v) is 4.83. The first kappa shape index (κ1) is 15.2. The summed E-state index contributed by atoms with van der Waals surface area (Å²) < 4.78 is 5.79. The molecule has 1 aliphatic rings. The number of benzene rings is 2.